The van der Waals surface area contributed by atoms with Crippen molar-refractivity contribution in [1.82, 2.24) is 5.32 Å². The summed E-state index contributed by atoms with van der Waals surface area (Å²) in [5.41, 5.74) is 5.10. The molecule has 3 nitrogen and oxygen atoms in total. The third-order valence-corrected chi connectivity index (χ3v) is 1.78. The lowest BCUT2D eigenvalue weighted by Crippen LogP contribution is -2.35. The number of carbonyl (C=O) groups excluding carboxylic acids is 1. The molecule has 0 radical (unpaired) electrons. The number of hydrogen-bond donors (Lipinski definition) is 2. The van der Waals surface area contributed by atoms with Gasteiger partial charge in [0.2, 0.25) is 5.91 Å². The van der Waals surface area contributed by atoms with Gasteiger partial charge in [-0.25, -0.2) is 0 Å². The summed E-state index contributed by atoms with van der Waals surface area (Å²) in [7, 11) is 0. The van der Waals surface area contributed by atoms with Gasteiger partial charge in [0.15, 0.2) is 0 Å². The zero-order valence-electron chi connectivity index (χ0n) is 7.84. The molecule has 2 unspecified atom stereocenters. The highest BCUT2D eigenvalue weighted by Gasteiger charge is 2.08. The first kappa shape index (κ1) is 11.2. The normalized spacial score (nSPS) is 15.2. The molecule has 70 valence electrons. The third-order valence-electron chi connectivity index (χ3n) is 1.78. The van der Waals surface area contributed by atoms with Crippen LogP contribution in [0.3, 0.4) is 0 Å². The van der Waals surface area contributed by atoms with Crippen molar-refractivity contribution >= 4 is 5.91 Å². The molecule has 0 bridgehead atoms. The minimum Gasteiger partial charge on any atom is -0.369 e. The van der Waals surface area contributed by atoms with Gasteiger partial charge >= 0.3 is 0 Å². The Hall–Kier alpha value is -0.830. The maximum Gasteiger partial charge on any atom is 0.221 e. The van der Waals surface area contributed by atoms with Crippen molar-refractivity contribution in [3.05, 3.63) is 12.7 Å². The Labute approximate surface area is 74.0 Å². The van der Waals surface area contributed by atoms with Crippen LogP contribution in [0, 0.1) is 5.92 Å². The maximum absolute atomic E-state index is 10.6. The average molecular weight is 170 g/mol. The molecule has 0 aliphatic carbocycles. The number of rotatable bonds is 6. The van der Waals surface area contributed by atoms with E-state index >= 15 is 0 Å². The molecule has 0 spiro atoms. The SMILES string of the molecule is C=CCC(C)NCC(C)C(N)=O. The van der Waals surface area contributed by atoms with E-state index in [1.807, 2.05) is 13.0 Å². The van der Waals surface area contributed by atoms with Crippen molar-refractivity contribution in [2.24, 2.45) is 11.7 Å². The van der Waals surface area contributed by atoms with E-state index in [1.165, 1.54) is 0 Å². The van der Waals surface area contributed by atoms with Gasteiger partial charge in [-0.3, -0.25) is 4.79 Å². The number of carbonyl (C=O) groups is 1. The van der Waals surface area contributed by atoms with E-state index in [0.717, 1.165) is 6.42 Å². The second kappa shape index (κ2) is 5.77. The molecule has 0 aliphatic heterocycles. The molecule has 2 atom stereocenters. The number of nitrogens with two attached hydrogens (primary N) is 1. The number of amides is 1. The molecular weight excluding hydrogens is 152 g/mol. The lowest BCUT2D eigenvalue weighted by Gasteiger charge is -2.13. The van der Waals surface area contributed by atoms with E-state index in [4.69, 9.17) is 5.73 Å². The predicted molar refractivity (Wildman–Crippen MR) is 50.6 cm³/mol. The van der Waals surface area contributed by atoms with E-state index in [9.17, 15) is 4.79 Å². The Bertz CT molecular complexity index is 157. The molecule has 0 aromatic rings. The minimum absolute atomic E-state index is 0.0998. The van der Waals surface area contributed by atoms with Crippen molar-refractivity contribution in [2.45, 2.75) is 26.3 Å². The Kier molecular flexibility index (Phi) is 5.37. The zero-order valence-corrected chi connectivity index (χ0v) is 7.84. The summed E-state index contributed by atoms with van der Waals surface area (Å²) in [5.74, 6) is -0.356. The number of hydrogen-bond acceptors (Lipinski definition) is 2. The summed E-state index contributed by atoms with van der Waals surface area (Å²) in [4.78, 5) is 10.6. The quantitative estimate of drug-likeness (QED) is 0.575. The van der Waals surface area contributed by atoms with Crippen LogP contribution in [0.2, 0.25) is 0 Å². The highest BCUT2D eigenvalue weighted by atomic mass is 16.1. The Morgan fingerprint density at radius 2 is 2.25 bits per heavy atom. The summed E-state index contributed by atoms with van der Waals surface area (Å²) in [6.07, 6.45) is 2.76. The van der Waals surface area contributed by atoms with E-state index in [0.29, 0.717) is 12.6 Å². The fraction of sp³-hybridized carbons (Fsp3) is 0.667. The Morgan fingerprint density at radius 3 is 2.67 bits per heavy atom. The maximum atomic E-state index is 10.6. The Balaban J connectivity index is 3.53. The summed E-state index contributed by atoms with van der Waals surface area (Å²) in [5, 5.41) is 3.19. The molecule has 0 aliphatic rings. The van der Waals surface area contributed by atoms with Crippen LogP contribution in [0.25, 0.3) is 0 Å². The van der Waals surface area contributed by atoms with Gasteiger partial charge in [0.05, 0.1) is 0 Å². The van der Waals surface area contributed by atoms with Gasteiger partial charge in [0, 0.05) is 18.5 Å². The smallest absolute Gasteiger partial charge is 0.221 e. The first-order chi connectivity index (χ1) is 5.57. The molecule has 0 saturated carbocycles. The molecule has 3 N–H and O–H groups in total. The topological polar surface area (TPSA) is 55.1 Å². The zero-order chi connectivity index (χ0) is 9.56. The van der Waals surface area contributed by atoms with Gasteiger partial charge in [-0.2, -0.15) is 0 Å². The molecule has 1 amide bonds. The van der Waals surface area contributed by atoms with Crippen molar-refractivity contribution in [2.75, 3.05) is 6.54 Å². The van der Waals surface area contributed by atoms with E-state index in [-0.39, 0.29) is 11.8 Å². The summed E-state index contributed by atoms with van der Waals surface area (Å²) in [6.45, 7) is 8.14. The summed E-state index contributed by atoms with van der Waals surface area (Å²) in [6, 6.07) is 0.365. The van der Waals surface area contributed by atoms with Crippen LogP contribution in [0.5, 0.6) is 0 Å². The van der Waals surface area contributed by atoms with E-state index < -0.39 is 0 Å². The first-order valence-electron chi connectivity index (χ1n) is 4.21. The fourth-order valence-corrected chi connectivity index (χ4v) is 0.812. The lowest BCUT2D eigenvalue weighted by atomic mass is 10.1. The number of nitrogens with one attached hydrogen (secondary N) is 1. The van der Waals surface area contributed by atoms with Crippen molar-refractivity contribution < 1.29 is 4.79 Å². The third kappa shape index (κ3) is 4.91. The molecule has 3 heteroatoms. The second-order valence-electron chi connectivity index (χ2n) is 3.14. The van der Waals surface area contributed by atoms with Gasteiger partial charge in [-0.15, -0.1) is 6.58 Å². The van der Waals surface area contributed by atoms with Gasteiger partial charge in [0.1, 0.15) is 0 Å². The molecular formula is C9H18N2O. The standard InChI is InChI=1S/C9H18N2O/c1-4-5-8(3)11-6-7(2)9(10)12/h4,7-8,11H,1,5-6H2,2-3H3,(H2,10,12). The highest BCUT2D eigenvalue weighted by molar-refractivity contribution is 5.76. The molecule has 0 heterocycles. The van der Waals surface area contributed by atoms with Crippen LogP contribution in [-0.4, -0.2) is 18.5 Å². The van der Waals surface area contributed by atoms with Gasteiger partial charge in [-0.05, 0) is 13.3 Å². The van der Waals surface area contributed by atoms with Crippen LogP contribution >= 0.6 is 0 Å². The van der Waals surface area contributed by atoms with Crippen LogP contribution in [0.4, 0.5) is 0 Å². The van der Waals surface area contributed by atoms with E-state index in [1.54, 1.807) is 0 Å². The van der Waals surface area contributed by atoms with Gasteiger partial charge in [-0.1, -0.05) is 13.0 Å². The fourth-order valence-electron chi connectivity index (χ4n) is 0.812. The molecule has 0 rings (SSSR count). The van der Waals surface area contributed by atoms with Crippen molar-refractivity contribution in [1.29, 1.82) is 0 Å². The monoisotopic (exact) mass is 170 g/mol. The van der Waals surface area contributed by atoms with E-state index in [2.05, 4.69) is 18.8 Å². The summed E-state index contributed by atoms with van der Waals surface area (Å²) < 4.78 is 0. The van der Waals surface area contributed by atoms with Crippen LogP contribution < -0.4 is 11.1 Å². The molecule has 0 fully saturated rings. The van der Waals surface area contributed by atoms with Crippen LogP contribution in [0.1, 0.15) is 20.3 Å². The van der Waals surface area contributed by atoms with Crippen molar-refractivity contribution in [3.63, 3.8) is 0 Å². The molecule has 0 aromatic carbocycles. The lowest BCUT2D eigenvalue weighted by molar-refractivity contribution is -0.121. The summed E-state index contributed by atoms with van der Waals surface area (Å²) >= 11 is 0. The average Bonchev–Trinajstić information content (AvgIpc) is 2.00. The van der Waals surface area contributed by atoms with Crippen LogP contribution in [-0.2, 0) is 4.79 Å². The minimum atomic E-state index is -0.256. The van der Waals surface area contributed by atoms with Crippen LogP contribution in [0.15, 0.2) is 12.7 Å². The molecule has 0 saturated heterocycles. The Morgan fingerprint density at radius 1 is 1.67 bits per heavy atom. The van der Waals surface area contributed by atoms with Gasteiger partial charge in [0.25, 0.3) is 0 Å². The predicted octanol–water partition coefficient (Wildman–Crippen LogP) is 0.662. The second-order valence-corrected chi connectivity index (χ2v) is 3.14. The molecule has 0 aromatic heterocycles. The van der Waals surface area contributed by atoms with Gasteiger partial charge < -0.3 is 11.1 Å². The molecule has 12 heavy (non-hydrogen) atoms. The first-order valence-corrected chi connectivity index (χ1v) is 4.21. The number of primary amides is 1. The highest BCUT2D eigenvalue weighted by Crippen LogP contribution is 1.94. The largest absolute Gasteiger partial charge is 0.369 e. The van der Waals surface area contributed by atoms with Crippen molar-refractivity contribution in [3.8, 4) is 0 Å².